The van der Waals surface area contributed by atoms with Crippen LogP contribution in [-0.4, -0.2) is 12.9 Å². The van der Waals surface area contributed by atoms with Crippen LogP contribution in [0.5, 0.6) is 5.75 Å². The molecule has 0 radical (unpaired) electrons. The van der Waals surface area contributed by atoms with Crippen LogP contribution in [0.1, 0.15) is 30.6 Å². The van der Waals surface area contributed by atoms with E-state index in [0.29, 0.717) is 6.07 Å². The fourth-order valence-corrected chi connectivity index (χ4v) is 1.46. The van der Waals surface area contributed by atoms with Crippen LogP contribution in [0.15, 0.2) is 12.1 Å². The van der Waals surface area contributed by atoms with Crippen molar-refractivity contribution >= 4 is 5.78 Å². The van der Waals surface area contributed by atoms with Crippen molar-refractivity contribution in [2.45, 2.75) is 20.3 Å². The Balaban J connectivity index is 3.15. The molecule has 0 amide bonds. The second kappa shape index (κ2) is 5.05. The number of methoxy groups -OCH3 is 1. The Bertz CT molecular complexity index is 400. The molecule has 2 nitrogen and oxygen atoms in total. The standard InChI is InChI=1S/C12H14F2O2/c1-7(2)4-11(15)9-5-8(13)6-10(14)12(9)16-3/h5-7H,4H2,1-3H3. The first-order valence-corrected chi connectivity index (χ1v) is 5.02. The highest BCUT2D eigenvalue weighted by Gasteiger charge is 2.18. The lowest BCUT2D eigenvalue weighted by molar-refractivity contribution is 0.0963. The molecule has 1 aromatic rings. The highest BCUT2D eigenvalue weighted by molar-refractivity contribution is 5.98. The minimum Gasteiger partial charge on any atom is -0.493 e. The zero-order chi connectivity index (χ0) is 12.3. The molecular formula is C12H14F2O2. The van der Waals surface area contributed by atoms with E-state index in [-0.39, 0.29) is 29.4 Å². The summed E-state index contributed by atoms with van der Waals surface area (Å²) in [6.07, 6.45) is 0.235. The van der Waals surface area contributed by atoms with Gasteiger partial charge in [-0.25, -0.2) is 8.78 Å². The second-order valence-electron chi connectivity index (χ2n) is 3.99. The first-order chi connectivity index (χ1) is 7.45. The molecule has 4 heteroatoms. The van der Waals surface area contributed by atoms with Crippen LogP contribution in [0.2, 0.25) is 0 Å². The van der Waals surface area contributed by atoms with Gasteiger partial charge in [-0.3, -0.25) is 4.79 Å². The molecule has 0 saturated carbocycles. The normalized spacial score (nSPS) is 10.6. The number of ether oxygens (including phenoxy) is 1. The van der Waals surface area contributed by atoms with Crippen molar-refractivity contribution in [1.29, 1.82) is 0 Å². The van der Waals surface area contributed by atoms with Gasteiger partial charge in [0.05, 0.1) is 12.7 Å². The third kappa shape index (κ3) is 2.78. The van der Waals surface area contributed by atoms with Crippen LogP contribution in [0, 0.1) is 17.6 Å². The number of carbonyl (C=O) groups excluding carboxylic acids is 1. The topological polar surface area (TPSA) is 26.3 Å². The summed E-state index contributed by atoms with van der Waals surface area (Å²) in [7, 11) is 1.25. The van der Waals surface area contributed by atoms with Crippen LogP contribution in [0.4, 0.5) is 8.78 Å². The van der Waals surface area contributed by atoms with Crippen molar-refractivity contribution in [3.05, 3.63) is 29.3 Å². The summed E-state index contributed by atoms with van der Waals surface area (Å²) in [5.41, 5.74) is -0.0336. The van der Waals surface area contributed by atoms with Gasteiger partial charge < -0.3 is 4.74 Å². The number of hydrogen-bond donors (Lipinski definition) is 0. The molecule has 16 heavy (non-hydrogen) atoms. The van der Waals surface area contributed by atoms with Crippen molar-refractivity contribution in [1.82, 2.24) is 0 Å². The molecule has 1 rings (SSSR count). The van der Waals surface area contributed by atoms with Crippen LogP contribution in [0.3, 0.4) is 0 Å². The minimum atomic E-state index is -0.852. The van der Waals surface area contributed by atoms with Gasteiger partial charge in [0.15, 0.2) is 17.3 Å². The van der Waals surface area contributed by atoms with E-state index >= 15 is 0 Å². The average molecular weight is 228 g/mol. The number of benzene rings is 1. The molecule has 1 aromatic carbocycles. The van der Waals surface area contributed by atoms with E-state index in [1.165, 1.54) is 7.11 Å². The van der Waals surface area contributed by atoms with E-state index in [4.69, 9.17) is 4.74 Å². The molecule has 0 aliphatic rings. The molecule has 0 fully saturated rings. The van der Waals surface area contributed by atoms with Gasteiger partial charge in [-0.15, -0.1) is 0 Å². The van der Waals surface area contributed by atoms with E-state index < -0.39 is 11.6 Å². The van der Waals surface area contributed by atoms with Crippen LogP contribution < -0.4 is 4.74 Å². The molecule has 0 aromatic heterocycles. The molecule has 0 aliphatic heterocycles. The number of carbonyl (C=O) groups is 1. The number of Topliss-reactive ketones (excluding diaryl/α,β-unsaturated/α-hetero) is 1. The number of ketones is 1. The molecule has 0 atom stereocenters. The van der Waals surface area contributed by atoms with Gasteiger partial charge in [0.25, 0.3) is 0 Å². The molecule has 0 N–H and O–H groups in total. The average Bonchev–Trinajstić information content (AvgIpc) is 2.15. The maximum absolute atomic E-state index is 13.3. The summed E-state index contributed by atoms with van der Waals surface area (Å²) in [6.45, 7) is 3.72. The molecule has 0 bridgehead atoms. The maximum atomic E-state index is 13.3. The van der Waals surface area contributed by atoms with Gasteiger partial charge in [-0.2, -0.15) is 0 Å². The summed E-state index contributed by atoms with van der Waals surface area (Å²) >= 11 is 0. The molecule has 0 saturated heterocycles. The third-order valence-electron chi connectivity index (χ3n) is 2.11. The van der Waals surface area contributed by atoms with E-state index in [1.54, 1.807) is 0 Å². The Morgan fingerprint density at radius 1 is 1.38 bits per heavy atom. The van der Waals surface area contributed by atoms with Gasteiger partial charge in [0.1, 0.15) is 5.82 Å². The fraction of sp³-hybridized carbons (Fsp3) is 0.417. The summed E-state index contributed by atoms with van der Waals surface area (Å²) in [6, 6.07) is 1.71. The van der Waals surface area contributed by atoms with Gasteiger partial charge in [-0.05, 0) is 12.0 Å². The molecule has 0 aliphatic carbocycles. The van der Waals surface area contributed by atoms with E-state index in [0.717, 1.165) is 6.07 Å². The highest BCUT2D eigenvalue weighted by atomic mass is 19.1. The molecule has 88 valence electrons. The van der Waals surface area contributed by atoms with E-state index in [2.05, 4.69) is 0 Å². The predicted molar refractivity (Wildman–Crippen MR) is 56.7 cm³/mol. The Hall–Kier alpha value is -1.45. The lowest BCUT2D eigenvalue weighted by atomic mass is 10.0. The van der Waals surface area contributed by atoms with Crippen molar-refractivity contribution < 1.29 is 18.3 Å². The summed E-state index contributed by atoms with van der Waals surface area (Å²) in [5, 5.41) is 0. The number of halogens is 2. The van der Waals surface area contributed by atoms with Crippen LogP contribution >= 0.6 is 0 Å². The first-order valence-electron chi connectivity index (χ1n) is 5.02. The Morgan fingerprint density at radius 3 is 2.50 bits per heavy atom. The van der Waals surface area contributed by atoms with Crippen LogP contribution in [-0.2, 0) is 0 Å². The SMILES string of the molecule is COc1c(F)cc(F)cc1C(=O)CC(C)C. The monoisotopic (exact) mass is 228 g/mol. The van der Waals surface area contributed by atoms with E-state index in [9.17, 15) is 13.6 Å². The van der Waals surface area contributed by atoms with Gasteiger partial charge in [-0.1, -0.05) is 13.8 Å². The third-order valence-corrected chi connectivity index (χ3v) is 2.11. The lowest BCUT2D eigenvalue weighted by Gasteiger charge is -2.10. The molecular weight excluding hydrogens is 214 g/mol. The van der Waals surface area contributed by atoms with Crippen molar-refractivity contribution in [3.63, 3.8) is 0 Å². The number of hydrogen-bond acceptors (Lipinski definition) is 2. The number of rotatable bonds is 4. The zero-order valence-corrected chi connectivity index (χ0v) is 9.51. The lowest BCUT2D eigenvalue weighted by Crippen LogP contribution is -2.07. The zero-order valence-electron chi connectivity index (χ0n) is 9.51. The quantitative estimate of drug-likeness (QED) is 0.740. The minimum absolute atomic E-state index is 0.0336. The van der Waals surface area contributed by atoms with Crippen molar-refractivity contribution in [2.75, 3.05) is 7.11 Å². The smallest absolute Gasteiger partial charge is 0.168 e. The first kappa shape index (κ1) is 12.6. The van der Waals surface area contributed by atoms with Gasteiger partial charge in [0, 0.05) is 12.5 Å². The second-order valence-corrected chi connectivity index (χ2v) is 3.99. The summed E-state index contributed by atoms with van der Waals surface area (Å²) in [5.74, 6) is -2.00. The predicted octanol–water partition coefficient (Wildman–Crippen LogP) is 3.20. The molecule has 0 unspecified atom stereocenters. The van der Waals surface area contributed by atoms with Crippen molar-refractivity contribution in [3.8, 4) is 5.75 Å². The molecule has 0 heterocycles. The maximum Gasteiger partial charge on any atom is 0.168 e. The largest absolute Gasteiger partial charge is 0.493 e. The Labute approximate surface area is 93.2 Å². The summed E-state index contributed by atoms with van der Waals surface area (Å²) in [4.78, 5) is 11.7. The molecule has 0 spiro atoms. The fourth-order valence-electron chi connectivity index (χ4n) is 1.46. The Morgan fingerprint density at radius 2 is 2.00 bits per heavy atom. The summed E-state index contributed by atoms with van der Waals surface area (Å²) < 4.78 is 31.1. The van der Waals surface area contributed by atoms with Crippen LogP contribution in [0.25, 0.3) is 0 Å². The van der Waals surface area contributed by atoms with Gasteiger partial charge >= 0.3 is 0 Å². The van der Waals surface area contributed by atoms with E-state index in [1.807, 2.05) is 13.8 Å². The van der Waals surface area contributed by atoms with Gasteiger partial charge in [0.2, 0.25) is 0 Å². The van der Waals surface area contributed by atoms with Crippen molar-refractivity contribution in [2.24, 2.45) is 5.92 Å². The highest BCUT2D eigenvalue weighted by Crippen LogP contribution is 2.26. The Kier molecular flexibility index (Phi) is 3.99.